The summed E-state index contributed by atoms with van der Waals surface area (Å²) in [5, 5.41) is 0. The minimum Gasteiger partial charge on any atom is -0.484 e. The predicted molar refractivity (Wildman–Crippen MR) is 81.9 cm³/mol. The van der Waals surface area contributed by atoms with E-state index < -0.39 is 21.4 Å². The van der Waals surface area contributed by atoms with Gasteiger partial charge in [-0.1, -0.05) is 18.2 Å². The lowest BCUT2D eigenvalue weighted by molar-refractivity contribution is -0.148. The van der Waals surface area contributed by atoms with Crippen LogP contribution >= 0.6 is 0 Å². The Labute approximate surface area is 130 Å². The second kappa shape index (κ2) is 5.76. The van der Waals surface area contributed by atoms with Gasteiger partial charge in [-0.05, 0) is 39.8 Å². The molecule has 1 aliphatic rings. The van der Waals surface area contributed by atoms with E-state index in [4.69, 9.17) is 9.47 Å². The molecule has 0 unspecified atom stereocenters. The Balaban J connectivity index is 2.43. The van der Waals surface area contributed by atoms with Crippen LogP contribution in [-0.2, 0) is 24.1 Å². The molecule has 0 saturated heterocycles. The molecule has 0 bridgehead atoms. The van der Waals surface area contributed by atoms with Crippen molar-refractivity contribution in [3.63, 3.8) is 0 Å². The average molecular weight is 324 g/mol. The summed E-state index contributed by atoms with van der Waals surface area (Å²) < 4.78 is 35.9. The molecular formula is C16H20O5S. The number of ether oxygens (including phenoxy) is 2. The van der Waals surface area contributed by atoms with Crippen LogP contribution < -0.4 is 0 Å². The lowest BCUT2D eigenvalue weighted by Crippen LogP contribution is -2.27. The molecule has 1 aromatic rings. The van der Waals surface area contributed by atoms with Crippen LogP contribution in [0, 0.1) is 0 Å². The molecule has 0 aliphatic carbocycles. The third-order valence-electron chi connectivity index (χ3n) is 3.32. The zero-order valence-corrected chi connectivity index (χ0v) is 13.9. The highest BCUT2D eigenvalue weighted by Gasteiger charge is 2.44. The summed E-state index contributed by atoms with van der Waals surface area (Å²) in [5.41, 5.74) is -0.640. The average Bonchev–Trinajstić information content (AvgIpc) is 2.61. The molecule has 0 N–H and O–H groups in total. The molecule has 1 heterocycles. The molecule has 0 radical (unpaired) electrons. The number of cyclic esters (lactones) is 1. The van der Waals surface area contributed by atoms with Crippen LogP contribution in [0.15, 0.2) is 46.6 Å². The highest BCUT2D eigenvalue weighted by molar-refractivity contribution is 7.91. The fraction of sp³-hybridized carbons (Fsp3) is 0.438. The van der Waals surface area contributed by atoms with Gasteiger partial charge >= 0.3 is 5.97 Å². The molecule has 0 aromatic heterocycles. The van der Waals surface area contributed by atoms with Crippen molar-refractivity contribution in [2.45, 2.75) is 44.3 Å². The first-order valence-corrected chi connectivity index (χ1v) is 8.70. The van der Waals surface area contributed by atoms with Crippen LogP contribution in [0.4, 0.5) is 0 Å². The smallest absolute Gasteiger partial charge is 0.374 e. The van der Waals surface area contributed by atoms with Crippen molar-refractivity contribution in [3.05, 3.63) is 41.7 Å². The summed E-state index contributed by atoms with van der Waals surface area (Å²) in [5.74, 6) is -0.908. The lowest BCUT2D eigenvalue weighted by Gasteiger charge is -2.20. The first kappa shape index (κ1) is 16.5. The van der Waals surface area contributed by atoms with Gasteiger partial charge in [0.25, 0.3) is 0 Å². The molecule has 2 rings (SSSR count). The maximum Gasteiger partial charge on any atom is 0.374 e. The van der Waals surface area contributed by atoms with E-state index in [-0.39, 0.29) is 22.5 Å². The van der Waals surface area contributed by atoms with Crippen LogP contribution in [0.1, 0.15) is 27.7 Å². The van der Waals surface area contributed by atoms with Crippen LogP contribution in [0.3, 0.4) is 0 Å². The van der Waals surface area contributed by atoms with Crippen molar-refractivity contribution in [1.82, 2.24) is 0 Å². The molecule has 120 valence electrons. The summed E-state index contributed by atoms with van der Waals surface area (Å²) in [4.78, 5) is 12.2. The van der Waals surface area contributed by atoms with Crippen LogP contribution in [-0.4, -0.2) is 31.8 Å². The maximum atomic E-state index is 12.6. The number of benzene rings is 1. The molecule has 0 saturated carbocycles. The SMILES string of the molecule is CC(C)OC1=C(CS(=O)(=O)c2ccccc2)C(C)(C)OC1=O. The van der Waals surface area contributed by atoms with E-state index in [0.717, 1.165) is 0 Å². The molecule has 1 aliphatic heterocycles. The van der Waals surface area contributed by atoms with E-state index in [1.54, 1.807) is 45.9 Å². The largest absolute Gasteiger partial charge is 0.484 e. The summed E-state index contributed by atoms with van der Waals surface area (Å²) in [6.45, 7) is 6.87. The highest BCUT2D eigenvalue weighted by atomic mass is 32.2. The first-order valence-electron chi connectivity index (χ1n) is 7.05. The van der Waals surface area contributed by atoms with Crippen molar-refractivity contribution < 1.29 is 22.7 Å². The maximum absolute atomic E-state index is 12.6. The Morgan fingerprint density at radius 1 is 1.18 bits per heavy atom. The standard InChI is InChI=1S/C16H20O5S/c1-11(2)20-14-13(16(3,4)21-15(14)17)10-22(18,19)12-8-6-5-7-9-12/h5-9,11H,10H2,1-4H3. The monoisotopic (exact) mass is 324 g/mol. The molecule has 0 spiro atoms. The van der Waals surface area contributed by atoms with Gasteiger partial charge in [-0.3, -0.25) is 0 Å². The fourth-order valence-electron chi connectivity index (χ4n) is 2.23. The van der Waals surface area contributed by atoms with E-state index in [9.17, 15) is 13.2 Å². The Hall–Kier alpha value is -1.82. The lowest BCUT2D eigenvalue weighted by atomic mass is 10.0. The number of carbonyl (C=O) groups excluding carboxylic acids is 1. The first-order chi connectivity index (χ1) is 10.1. The van der Waals surface area contributed by atoms with E-state index in [1.807, 2.05) is 0 Å². The van der Waals surface area contributed by atoms with Gasteiger partial charge < -0.3 is 9.47 Å². The van der Waals surface area contributed by atoms with Crippen molar-refractivity contribution in [3.8, 4) is 0 Å². The zero-order valence-electron chi connectivity index (χ0n) is 13.1. The minimum atomic E-state index is -3.58. The Morgan fingerprint density at radius 3 is 2.32 bits per heavy atom. The van der Waals surface area contributed by atoms with E-state index in [1.165, 1.54) is 12.1 Å². The molecule has 1 aromatic carbocycles. The number of esters is 1. The van der Waals surface area contributed by atoms with Crippen molar-refractivity contribution >= 4 is 15.8 Å². The molecule has 6 heteroatoms. The van der Waals surface area contributed by atoms with Crippen molar-refractivity contribution in [2.75, 3.05) is 5.75 Å². The Bertz CT molecular complexity index is 699. The highest BCUT2D eigenvalue weighted by Crippen LogP contribution is 2.35. The summed E-state index contributed by atoms with van der Waals surface area (Å²) in [6, 6.07) is 8.13. The third kappa shape index (κ3) is 3.32. The van der Waals surface area contributed by atoms with Gasteiger partial charge in [0.2, 0.25) is 5.76 Å². The number of sulfone groups is 1. The second-order valence-corrected chi connectivity index (χ2v) is 7.94. The second-order valence-electron chi connectivity index (χ2n) is 5.95. The molecular weight excluding hydrogens is 304 g/mol. The third-order valence-corrected chi connectivity index (χ3v) is 4.98. The van der Waals surface area contributed by atoms with Gasteiger partial charge in [-0.15, -0.1) is 0 Å². The summed E-state index contributed by atoms with van der Waals surface area (Å²) in [6.07, 6.45) is -0.245. The summed E-state index contributed by atoms with van der Waals surface area (Å²) >= 11 is 0. The Morgan fingerprint density at radius 2 is 1.77 bits per heavy atom. The van der Waals surface area contributed by atoms with Gasteiger partial charge in [-0.25, -0.2) is 13.2 Å². The number of carbonyl (C=O) groups is 1. The van der Waals surface area contributed by atoms with E-state index >= 15 is 0 Å². The van der Waals surface area contributed by atoms with Gasteiger partial charge in [0.05, 0.1) is 16.8 Å². The normalized spacial score (nSPS) is 17.8. The van der Waals surface area contributed by atoms with Gasteiger partial charge in [0.1, 0.15) is 5.60 Å². The molecule has 0 amide bonds. The van der Waals surface area contributed by atoms with Gasteiger partial charge in [0, 0.05) is 5.57 Å². The van der Waals surface area contributed by atoms with Crippen molar-refractivity contribution in [2.24, 2.45) is 0 Å². The van der Waals surface area contributed by atoms with Crippen LogP contribution in [0.2, 0.25) is 0 Å². The van der Waals surface area contributed by atoms with Gasteiger partial charge in [0.15, 0.2) is 9.84 Å². The van der Waals surface area contributed by atoms with Crippen LogP contribution in [0.5, 0.6) is 0 Å². The zero-order chi connectivity index (χ0) is 16.5. The quantitative estimate of drug-likeness (QED) is 0.778. The summed E-state index contributed by atoms with van der Waals surface area (Å²) in [7, 11) is -3.58. The molecule has 5 nitrogen and oxygen atoms in total. The predicted octanol–water partition coefficient (Wildman–Crippen LogP) is 2.47. The fourth-order valence-corrected chi connectivity index (χ4v) is 3.83. The topological polar surface area (TPSA) is 69.7 Å². The molecule has 22 heavy (non-hydrogen) atoms. The Kier molecular flexibility index (Phi) is 4.33. The van der Waals surface area contributed by atoms with Crippen molar-refractivity contribution in [1.29, 1.82) is 0 Å². The minimum absolute atomic E-state index is 0.0134. The number of hydrogen-bond donors (Lipinski definition) is 0. The number of rotatable bonds is 5. The number of hydrogen-bond acceptors (Lipinski definition) is 5. The molecule has 0 fully saturated rings. The van der Waals surface area contributed by atoms with E-state index in [0.29, 0.717) is 5.57 Å². The van der Waals surface area contributed by atoms with Gasteiger partial charge in [-0.2, -0.15) is 0 Å². The molecule has 0 atom stereocenters. The van der Waals surface area contributed by atoms with E-state index in [2.05, 4.69) is 0 Å². The van der Waals surface area contributed by atoms with Crippen LogP contribution in [0.25, 0.3) is 0 Å².